The highest BCUT2D eigenvalue weighted by Crippen LogP contribution is 2.21. The first kappa shape index (κ1) is 10.1. The summed E-state index contributed by atoms with van der Waals surface area (Å²) >= 11 is 5.82. The summed E-state index contributed by atoms with van der Waals surface area (Å²) in [5.41, 5.74) is 6.60. The average Bonchev–Trinajstić information content (AvgIpc) is 2.15. The fourth-order valence-corrected chi connectivity index (χ4v) is 1.67. The number of nitrogens with two attached hydrogens (primary N) is 1. The first-order valence-corrected chi connectivity index (χ1v) is 4.91. The first-order valence-electron chi connectivity index (χ1n) is 4.53. The molecule has 1 aromatic carbocycles. The van der Waals surface area contributed by atoms with Crippen molar-refractivity contribution in [2.75, 3.05) is 0 Å². The van der Waals surface area contributed by atoms with Crippen LogP contribution in [0.1, 0.15) is 18.7 Å². The second kappa shape index (κ2) is 3.64. The monoisotopic (exact) mass is 223 g/mol. The van der Waals surface area contributed by atoms with E-state index in [2.05, 4.69) is 9.97 Å². The van der Waals surface area contributed by atoms with Gasteiger partial charge >= 0.3 is 5.69 Å². The fraction of sp³-hybridized carbons (Fsp3) is 0.200. The van der Waals surface area contributed by atoms with Crippen LogP contribution in [0.15, 0.2) is 23.0 Å². The minimum atomic E-state index is -0.405. The molecule has 0 aliphatic carbocycles. The molecule has 0 bridgehead atoms. The van der Waals surface area contributed by atoms with Crippen LogP contribution in [0, 0.1) is 0 Å². The Morgan fingerprint density at radius 2 is 2.27 bits per heavy atom. The van der Waals surface area contributed by atoms with Crippen molar-refractivity contribution in [1.82, 2.24) is 9.97 Å². The van der Waals surface area contributed by atoms with E-state index in [4.69, 9.17) is 17.3 Å². The summed E-state index contributed by atoms with van der Waals surface area (Å²) in [4.78, 5) is 17.7. The van der Waals surface area contributed by atoms with E-state index >= 15 is 0 Å². The molecular formula is C10H10ClN3O. The second-order valence-electron chi connectivity index (χ2n) is 3.41. The average molecular weight is 224 g/mol. The van der Waals surface area contributed by atoms with E-state index < -0.39 is 5.69 Å². The lowest BCUT2D eigenvalue weighted by molar-refractivity contribution is 0.779. The van der Waals surface area contributed by atoms with Gasteiger partial charge in [-0.1, -0.05) is 11.6 Å². The van der Waals surface area contributed by atoms with Crippen LogP contribution in [0.25, 0.3) is 10.9 Å². The Balaban J connectivity index is 2.86. The predicted molar refractivity (Wildman–Crippen MR) is 60.0 cm³/mol. The Labute approximate surface area is 91.1 Å². The van der Waals surface area contributed by atoms with Gasteiger partial charge in [0.25, 0.3) is 0 Å². The summed E-state index contributed by atoms with van der Waals surface area (Å²) in [7, 11) is 0. The number of nitrogens with zero attached hydrogens (tertiary/aromatic N) is 1. The number of aromatic nitrogens is 2. The lowest BCUT2D eigenvalue weighted by Gasteiger charge is -2.08. The number of hydrogen-bond donors (Lipinski definition) is 2. The zero-order valence-corrected chi connectivity index (χ0v) is 8.88. The molecule has 1 aromatic heterocycles. The molecule has 0 aliphatic rings. The van der Waals surface area contributed by atoms with Crippen LogP contribution in [-0.2, 0) is 0 Å². The van der Waals surface area contributed by atoms with Crippen molar-refractivity contribution in [3.05, 3.63) is 39.4 Å². The number of nitrogens with one attached hydrogen (secondary N) is 1. The van der Waals surface area contributed by atoms with Gasteiger partial charge in [-0.3, -0.25) is 0 Å². The summed E-state index contributed by atoms with van der Waals surface area (Å²) < 4.78 is 0. The number of halogens is 1. The smallest absolute Gasteiger partial charge is 0.323 e. The molecule has 15 heavy (non-hydrogen) atoms. The van der Waals surface area contributed by atoms with Crippen molar-refractivity contribution < 1.29 is 0 Å². The number of fused-ring (bicyclic) bond motifs is 1. The Morgan fingerprint density at radius 3 is 2.93 bits per heavy atom. The first-order chi connectivity index (χ1) is 7.08. The molecule has 1 heterocycles. The molecular weight excluding hydrogens is 214 g/mol. The van der Waals surface area contributed by atoms with Gasteiger partial charge in [-0.15, -0.1) is 0 Å². The molecule has 1 atom stereocenters. The van der Waals surface area contributed by atoms with Crippen LogP contribution in [0.2, 0.25) is 5.02 Å². The summed E-state index contributed by atoms with van der Waals surface area (Å²) in [5, 5.41) is 1.38. The summed E-state index contributed by atoms with van der Waals surface area (Å²) in [6.07, 6.45) is 0. The Kier molecular flexibility index (Phi) is 2.46. The third-order valence-corrected chi connectivity index (χ3v) is 2.40. The van der Waals surface area contributed by atoms with Crippen molar-refractivity contribution in [1.29, 1.82) is 0 Å². The quantitative estimate of drug-likeness (QED) is 0.771. The minimum Gasteiger partial charge on any atom is -0.323 e. The zero-order valence-electron chi connectivity index (χ0n) is 8.12. The predicted octanol–water partition coefficient (Wildman–Crippen LogP) is 1.60. The third kappa shape index (κ3) is 1.86. The Bertz CT molecular complexity index is 562. The number of H-pyrrole nitrogens is 1. The van der Waals surface area contributed by atoms with Crippen molar-refractivity contribution in [2.45, 2.75) is 13.0 Å². The summed E-state index contributed by atoms with van der Waals surface area (Å²) in [6.45, 7) is 1.80. The number of hydrogen-bond acceptors (Lipinski definition) is 3. The molecule has 1 unspecified atom stereocenters. The molecule has 0 aliphatic heterocycles. The highest BCUT2D eigenvalue weighted by atomic mass is 35.5. The van der Waals surface area contributed by atoms with Crippen LogP contribution in [0.3, 0.4) is 0 Å². The minimum absolute atomic E-state index is 0.246. The van der Waals surface area contributed by atoms with Gasteiger partial charge in [0.1, 0.15) is 0 Å². The highest BCUT2D eigenvalue weighted by molar-refractivity contribution is 6.31. The number of benzene rings is 1. The summed E-state index contributed by atoms with van der Waals surface area (Å²) in [5.74, 6) is 0. The topological polar surface area (TPSA) is 71.8 Å². The van der Waals surface area contributed by atoms with E-state index in [1.54, 1.807) is 25.1 Å². The molecule has 3 N–H and O–H groups in total. The van der Waals surface area contributed by atoms with Gasteiger partial charge < -0.3 is 10.7 Å². The molecule has 0 radical (unpaired) electrons. The molecule has 2 aromatic rings. The standard InChI is InChI=1S/C10H10ClN3O/c1-5(12)9-7-3-2-6(11)4-8(7)13-10(15)14-9/h2-5H,12H2,1H3,(H,13,14,15). The van der Waals surface area contributed by atoms with Gasteiger partial charge in [-0.05, 0) is 25.1 Å². The number of aromatic amines is 1. The molecule has 78 valence electrons. The van der Waals surface area contributed by atoms with Gasteiger partial charge in [-0.25, -0.2) is 4.79 Å². The van der Waals surface area contributed by atoms with E-state index in [0.29, 0.717) is 16.2 Å². The molecule has 5 heteroatoms. The van der Waals surface area contributed by atoms with Crippen molar-refractivity contribution >= 4 is 22.5 Å². The Hall–Kier alpha value is -1.39. The molecule has 0 saturated carbocycles. The fourth-order valence-electron chi connectivity index (χ4n) is 1.50. The SMILES string of the molecule is CC(N)c1[nH]c(=O)nc2cc(Cl)ccc12. The van der Waals surface area contributed by atoms with Gasteiger partial charge in [0.15, 0.2) is 0 Å². The largest absolute Gasteiger partial charge is 0.345 e. The van der Waals surface area contributed by atoms with Crippen molar-refractivity contribution in [2.24, 2.45) is 5.73 Å². The molecule has 0 amide bonds. The van der Waals surface area contributed by atoms with E-state index in [-0.39, 0.29) is 6.04 Å². The second-order valence-corrected chi connectivity index (χ2v) is 3.84. The highest BCUT2D eigenvalue weighted by Gasteiger charge is 2.08. The van der Waals surface area contributed by atoms with Crippen LogP contribution in [0.5, 0.6) is 0 Å². The lowest BCUT2D eigenvalue weighted by atomic mass is 10.1. The summed E-state index contributed by atoms with van der Waals surface area (Å²) in [6, 6.07) is 4.96. The van der Waals surface area contributed by atoms with Gasteiger partial charge in [0, 0.05) is 22.1 Å². The lowest BCUT2D eigenvalue weighted by Crippen LogP contribution is -2.18. The van der Waals surface area contributed by atoms with E-state index in [0.717, 1.165) is 5.39 Å². The van der Waals surface area contributed by atoms with Crippen LogP contribution in [-0.4, -0.2) is 9.97 Å². The third-order valence-electron chi connectivity index (χ3n) is 2.17. The molecule has 4 nitrogen and oxygen atoms in total. The molecule has 0 saturated heterocycles. The maximum Gasteiger partial charge on any atom is 0.345 e. The van der Waals surface area contributed by atoms with E-state index in [1.165, 1.54) is 0 Å². The zero-order chi connectivity index (χ0) is 11.0. The normalized spacial score (nSPS) is 13.0. The van der Waals surface area contributed by atoms with Crippen molar-refractivity contribution in [3.63, 3.8) is 0 Å². The van der Waals surface area contributed by atoms with E-state index in [1.807, 2.05) is 0 Å². The van der Waals surface area contributed by atoms with Gasteiger partial charge in [0.05, 0.1) is 5.52 Å². The molecule has 0 fully saturated rings. The van der Waals surface area contributed by atoms with Crippen LogP contribution in [0.4, 0.5) is 0 Å². The number of rotatable bonds is 1. The maximum absolute atomic E-state index is 11.3. The van der Waals surface area contributed by atoms with Gasteiger partial charge in [0.2, 0.25) is 0 Å². The molecule has 0 spiro atoms. The molecule has 2 rings (SSSR count). The van der Waals surface area contributed by atoms with Gasteiger partial charge in [-0.2, -0.15) is 4.98 Å². The van der Waals surface area contributed by atoms with Crippen LogP contribution < -0.4 is 11.4 Å². The van der Waals surface area contributed by atoms with Crippen molar-refractivity contribution in [3.8, 4) is 0 Å². The van der Waals surface area contributed by atoms with E-state index in [9.17, 15) is 4.79 Å². The Morgan fingerprint density at radius 1 is 1.53 bits per heavy atom. The maximum atomic E-state index is 11.3. The van der Waals surface area contributed by atoms with Crippen LogP contribution >= 0.6 is 11.6 Å².